The van der Waals surface area contributed by atoms with Crippen molar-refractivity contribution in [1.29, 1.82) is 0 Å². The Bertz CT molecular complexity index is 668. The van der Waals surface area contributed by atoms with Crippen molar-refractivity contribution in [2.75, 3.05) is 6.61 Å². The third kappa shape index (κ3) is 4.70. The summed E-state index contributed by atoms with van der Waals surface area (Å²) in [4.78, 5) is 22.8. The van der Waals surface area contributed by atoms with E-state index in [2.05, 4.69) is 5.32 Å². The van der Waals surface area contributed by atoms with Gasteiger partial charge in [-0.05, 0) is 48.9 Å². The molecule has 0 aliphatic rings. The molecule has 0 aliphatic heterocycles. The van der Waals surface area contributed by atoms with Gasteiger partial charge in [0.05, 0.1) is 0 Å². The van der Waals surface area contributed by atoms with Crippen LogP contribution >= 0.6 is 0 Å². The van der Waals surface area contributed by atoms with E-state index in [4.69, 9.17) is 4.74 Å². The van der Waals surface area contributed by atoms with Crippen LogP contribution in [0.5, 0.6) is 5.75 Å². The van der Waals surface area contributed by atoms with Gasteiger partial charge in [-0.2, -0.15) is 0 Å². The summed E-state index contributed by atoms with van der Waals surface area (Å²) < 4.78 is 18.3. The van der Waals surface area contributed by atoms with Gasteiger partial charge >= 0.3 is 0 Å². The molecule has 2 rings (SSSR count). The van der Waals surface area contributed by atoms with Gasteiger partial charge in [0.1, 0.15) is 11.6 Å². The lowest BCUT2D eigenvalue weighted by molar-refractivity contribution is -0.123. The van der Waals surface area contributed by atoms with Gasteiger partial charge in [0.15, 0.2) is 12.4 Å². The maximum absolute atomic E-state index is 13.0. The van der Waals surface area contributed by atoms with Crippen molar-refractivity contribution < 1.29 is 18.7 Å². The van der Waals surface area contributed by atoms with E-state index in [1.54, 1.807) is 36.4 Å². The summed E-state index contributed by atoms with van der Waals surface area (Å²) in [5, 5.41) is 2.64. The SMILES string of the molecule is CC(=O)c1ccc(OCC(=O)NCc2cccc(F)c2)cc1. The van der Waals surface area contributed by atoms with Crippen molar-refractivity contribution in [3.63, 3.8) is 0 Å². The third-order valence-corrected chi connectivity index (χ3v) is 3.01. The van der Waals surface area contributed by atoms with Gasteiger partial charge < -0.3 is 10.1 Å². The molecule has 0 fully saturated rings. The molecule has 0 saturated heterocycles. The number of ketones is 1. The molecule has 0 heterocycles. The van der Waals surface area contributed by atoms with Crippen LogP contribution in [0.3, 0.4) is 0 Å². The molecule has 1 amide bonds. The van der Waals surface area contributed by atoms with Crippen LogP contribution in [0.25, 0.3) is 0 Å². The van der Waals surface area contributed by atoms with Crippen LogP contribution in [-0.2, 0) is 11.3 Å². The molecule has 2 aromatic rings. The molecule has 0 spiro atoms. The summed E-state index contributed by atoms with van der Waals surface area (Å²) in [6.45, 7) is 1.58. The van der Waals surface area contributed by atoms with Crippen LogP contribution in [0.2, 0.25) is 0 Å². The largest absolute Gasteiger partial charge is 0.484 e. The average Bonchev–Trinajstić information content (AvgIpc) is 2.51. The first-order chi connectivity index (χ1) is 10.5. The Hall–Kier alpha value is -2.69. The number of nitrogens with one attached hydrogen (secondary N) is 1. The minimum absolute atomic E-state index is 0.0283. The van der Waals surface area contributed by atoms with Gasteiger partial charge in [0, 0.05) is 12.1 Å². The van der Waals surface area contributed by atoms with Gasteiger partial charge in [-0.25, -0.2) is 4.39 Å². The van der Waals surface area contributed by atoms with Gasteiger partial charge in [-0.15, -0.1) is 0 Å². The molecule has 2 aromatic carbocycles. The highest BCUT2D eigenvalue weighted by atomic mass is 19.1. The first kappa shape index (κ1) is 15.7. The number of Topliss-reactive ketones (excluding diaryl/α,β-unsaturated/α-hetero) is 1. The zero-order valence-corrected chi connectivity index (χ0v) is 12.1. The lowest BCUT2D eigenvalue weighted by Crippen LogP contribution is -2.28. The molecule has 0 atom stereocenters. The number of benzene rings is 2. The van der Waals surface area contributed by atoms with Gasteiger partial charge in [-0.3, -0.25) is 9.59 Å². The van der Waals surface area contributed by atoms with Crippen molar-refractivity contribution in [3.05, 3.63) is 65.5 Å². The lowest BCUT2D eigenvalue weighted by Gasteiger charge is -2.08. The standard InChI is InChI=1S/C17H16FNO3/c1-12(20)14-5-7-16(8-6-14)22-11-17(21)19-10-13-3-2-4-15(18)9-13/h2-9H,10-11H2,1H3,(H,19,21). The number of hydrogen-bond donors (Lipinski definition) is 1. The van der Waals surface area contributed by atoms with E-state index < -0.39 is 0 Å². The van der Waals surface area contributed by atoms with Gasteiger partial charge in [0.25, 0.3) is 5.91 Å². The van der Waals surface area contributed by atoms with E-state index >= 15 is 0 Å². The molecule has 0 aromatic heterocycles. The Balaban J connectivity index is 1.79. The van der Waals surface area contributed by atoms with Crippen molar-refractivity contribution in [1.82, 2.24) is 5.32 Å². The summed E-state index contributed by atoms with van der Waals surface area (Å²) in [5.41, 5.74) is 1.27. The van der Waals surface area contributed by atoms with Crippen molar-refractivity contribution in [2.45, 2.75) is 13.5 Å². The fourth-order valence-corrected chi connectivity index (χ4v) is 1.83. The summed E-state index contributed by atoms with van der Waals surface area (Å²) >= 11 is 0. The molecule has 5 heteroatoms. The highest BCUT2D eigenvalue weighted by Crippen LogP contribution is 2.12. The predicted octanol–water partition coefficient (Wildman–Crippen LogP) is 2.72. The number of rotatable bonds is 6. The summed E-state index contributed by atoms with van der Waals surface area (Å²) in [6, 6.07) is 12.6. The van der Waals surface area contributed by atoms with Crippen LogP contribution in [0.1, 0.15) is 22.8 Å². The Morgan fingerprint density at radius 3 is 2.50 bits per heavy atom. The minimum Gasteiger partial charge on any atom is -0.484 e. The fourth-order valence-electron chi connectivity index (χ4n) is 1.83. The highest BCUT2D eigenvalue weighted by molar-refractivity contribution is 5.94. The van der Waals surface area contributed by atoms with Crippen molar-refractivity contribution in [2.24, 2.45) is 0 Å². The monoisotopic (exact) mass is 301 g/mol. The fraction of sp³-hybridized carbons (Fsp3) is 0.176. The van der Waals surface area contributed by atoms with Gasteiger partial charge in [0.2, 0.25) is 0 Å². The van der Waals surface area contributed by atoms with Gasteiger partial charge in [-0.1, -0.05) is 12.1 Å². The van der Waals surface area contributed by atoms with Crippen LogP contribution in [-0.4, -0.2) is 18.3 Å². The third-order valence-electron chi connectivity index (χ3n) is 3.01. The Kier molecular flexibility index (Phi) is 5.25. The van der Waals surface area contributed by atoms with E-state index in [0.717, 1.165) is 0 Å². The highest BCUT2D eigenvalue weighted by Gasteiger charge is 2.04. The summed E-state index contributed by atoms with van der Waals surface area (Å²) in [5.74, 6) is -0.168. The molecule has 114 valence electrons. The molecule has 0 saturated carbocycles. The number of halogens is 1. The Labute approximate surface area is 127 Å². The normalized spacial score (nSPS) is 10.1. The van der Waals surface area contributed by atoms with E-state index in [9.17, 15) is 14.0 Å². The van der Waals surface area contributed by atoms with E-state index in [1.165, 1.54) is 19.1 Å². The molecule has 1 N–H and O–H groups in total. The zero-order chi connectivity index (χ0) is 15.9. The topological polar surface area (TPSA) is 55.4 Å². The molecule has 22 heavy (non-hydrogen) atoms. The second-order valence-electron chi connectivity index (χ2n) is 4.78. The molecule has 4 nitrogen and oxygen atoms in total. The number of carbonyl (C=O) groups excluding carboxylic acids is 2. The molecule has 0 unspecified atom stereocenters. The number of carbonyl (C=O) groups is 2. The second-order valence-corrected chi connectivity index (χ2v) is 4.78. The maximum Gasteiger partial charge on any atom is 0.258 e. The quantitative estimate of drug-likeness (QED) is 0.835. The van der Waals surface area contributed by atoms with Crippen LogP contribution < -0.4 is 10.1 Å². The van der Waals surface area contributed by atoms with Crippen LogP contribution in [0.15, 0.2) is 48.5 Å². The smallest absolute Gasteiger partial charge is 0.258 e. The van der Waals surface area contributed by atoms with E-state index in [-0.39, 0.29) is 30.7 Å². The first-order valence-electron chi connectivity index (χ1n) is 6.79. The predicted molar refractivity (Wildman–Crippen MR) is 80.2 cm³/mol. The number of amides is 1. The summed E-state index contributed by atoms with van der Waals surface area (Å²) in [7, 11) is 0. The Morgan fingerprint density at radius 2 is 1.86 bits per heavy atom. The number of hydrogen-bond acceptors (Lipinski definition) is 3. The first-order valence-corrected chi connectivity index (χ1v) is 6.79. The second kappa shape index (κ2) is 7.36. The van der Waals surface area contributed by atoms with Crippen molar-refractivity contribution in [3.8, 4) is 5.75 Å². The average molecular weight is 301 g/mol. The molecule has 0 aliphatic carbocycles. The Morgan fingerprint density at radius 1 is 1.14 bits per heavy atom. The molecular weight excluding hydrogens is 285 g/mol. The molecule has 0 bridgehead atoms. The molecular formula is C17H16FNO3. The van der Waals surface area contributed by atoms with Crippen LogP contribution in [0.4, 0.5) is 4.39 Å². The van der Waals surface area contributed by atoms with Crippen molar-refractivity contribution >= 4 is 11.7 Å². The molecule has 0 radical (unpaired) electrons. The maximum atomic E-state index is 13.0. The van der Waals surface area contributed by atoms with E-state index in [1.807, 2.05) is 0 Å². The number of ether oxygens (including phenoxy) is 1. The van der Waals surface area contributed by atoms with Crippen LogP contribution in [0, 0.1) is 5.82 Å². The zero-order valence-electron chi connectivity index (χ0n) is 12.1. The van der Waals surface area contributed by atoms with E-state index in [0.29, 0.717) is 16.9 Å². The lowest BCUT2D eigenvalue weighted by atomic mass is 10.1. The minimum atomic E-state index is -0.339. The summed E-state index contributed by atoms with van der Waals surface area (Å²) in [6.07, 6.45) is 0.